The van der Waals surface area contributed by atoms with Crippen LogP contribution in [0.5, 0.6) is 5.75 Å². The van der Waals surface area contributed by atoms with Crippen LogP contribution in [-0.2, 0) is 0 Å². The molecule has 0 bridgehead atoms. The second-order valence-corrected chi connectivity index (χ2v) is 2.41. The highest BCUT2D eigenvalue weighted by Gasteiger charge is 2.06. The molecule has 0 saturated carbocycles. The molecule has 0 aliphatic heterocycles. The van der Waals surface area contributed by atoms with Gasteiger partial charge in [0.15, 0.2) is 5.58 Å². The van der Waals surface area contributed by atoms with Crippen LogP contribution >= 0.6 is 0 Å². The Bertz CT molecular complexity index is 465. The van der Waals surface area contributed by atoms with Crippen molar-refractivity contribution in [2.45, 2.75) is 0 Å². The van der Waals surface area contributed by atoms with Gasteiger partial charge in [0.2, 0.25) is 0 Å². The number of phenols is 1. The number of nitriles is 1. The topological polar surface area (TPSA) is 57.2 Å². The minimum absolute atomic E-state index is 0.137. The molecule has 0 fully saturated rings. The molecule has 12 heavy (non-hydrogen) atoms. The van der Waals surface area contributed by atoms with Gasteiger partial charge in [-0.05, 0) is 18.2 Å². The third-order valence-corrected chi connectivity index (χ3v) is 1.71. The lowest BCUT2D eigenvalue weighted by Gasteiger charge is -1.93. The summed E-state index contributed by atoms with van der Waals surface area (Å²) in [7, 11) is 0. The molecule has 1 aromatic carbocycles. The van der Waals surface area contributed by atoms with Crippen LogP contribution in [0.4, 0.5) is 0 Å². The van der Waals surface area contributed by atoms with Crippen LogP contribution in [0, 0.1) is 11.3 Å². The molecule has 0 atom stereocenters. The second kappa shape index (κ2) is 2.28. The van der Waals surface area contributed by atoms with E-state index < -0.39 is 0 Å². The van der Waals surface area contributed by atoms with E-state index in [0.717, 1.165) is 0 Å². The number of phenolic OH excluding ortho intramolecular Hbond substituents is 1. The summed E-state index contributed by atoms with van der Waals surface area (Å²) in [6.07, 6.45) is 1.45. The van der Waals surface area contributed by atoms with Crippen LogP contribution in [0.3, 0.4) is 0 Å². The van der Waals surface area contributed by atoms with Crippen LogP contribution in [0.15, 0.2) is 28.9 Å². The third kappa shape index (κ3) is 0.753. The summed E-state index contributed by atoms with van der Waals surface area (Å²) in [4.78, 5) is 0. The van der Waals surface area contributed by atoms with Gasteiger partial charge in [0.05, 0.1) is 17.2 Å². The van der Waals surface area contributed by atoms with Crippen LogP contribution in [-0.4, -0.2) is 5.11 Å². The Balaban J connectivity index is 2.94. The molecule has 1 aromatic heterocycles. The van der Waals surface area contributed by atoms with E-state index in [1.54, 1.807) is 6.07 Å². The van der Waals surface area contributed by atoms with Gasteiger partial charge in [-0.2, -0.15) is 5.26 Å². The molecule has 1 N–H and O–H groups in total. The smallest absolute Gasteiger partial charge is 0.155 e. The zero-order chi connectivity index (χ0) is 8.55. The quantitative estimate of drug-likeness (QED) is 0.639. The molecule has 0 saturated heterocycles. The molecule has 0 radical (unpaired) electrons. The van der Waals surface area contributed by atoms with E-state index in [1.165, 1.54) is 18.4 Å². The fourth-order valence-corrected chi connectivity index (χ4v) is 1.14. The number of furan rings is 1. The van der Waals surface area contributed by atoms with Gasteiger partial charge in [0, 0.05) is 0 Å². The second-order valence-electron chi connectivity index (χ2n) is 2.41. The lowest BCUT2D eigenvalue weighted by molar-refractivity contribution is 0.481. The monoisotopic (exact) mass is 159 g/mol. The Morgan fingerprint density at radius 1 is 1.33 bits per heavy atom. The van der Waals surface area contributed by atoms with Crippen molar-refractivity contribution in [1.29, 1.82) is 5.26 Å². The number of benzene rings is 1. The zero-order valence-electron chi connectivity index (χ0n) is 6.11. The fraction of sp³-hybridized carbons (Fsp3) is 0. The minimum Gasteiger partial charge on any atom is -0.507 e. The van der Waals surface area contributed by atoms with Gasteiger partial charge in [0.25, 0.3) is 0 Å². The van der Waals surface area contributed by atoms with Gasteiger partial charge in [-0.25, -0.2) is 0 Å². The molecule has 3 nitrogen and oxygen atoms in total. The number of hydrogen-bond donors (Lipinski definition) is 1. The fourth-order valence-electron chi connectivity index (χ4n) is 1.14. The molecule has 0 spiro atoms. The van der Waals surface area contributed by atoms with E-state index in [0.29, 0.717) is 16.5 Å². The molecule has 2 aromatic rings. The summed E-state index contributed by atoms with van der Waals surface area (Å²) in [6.45, 7) is 0. The maximum Gasteiger partial charge on any atom is 0.155 e. The number of hydrogen-bond acceptors (Lipinski definition) is 3. The first-order valence-electron chi connectivity index (χ1n) is 3.42. The Hall–Kier alpha value is -1.95. The Labute approximate surface area is 68.5 Å². The van der Waals surface area contributed by atoms with Gasteiger partial charge in [-0.1, -0.05) is 0 Å². The molecule has 0 aliphatic rings. The van der Waals surface area contributed by atoms with Crippen molar-refractivity contribution in [3.8, 4) is 11.8 Å². The van der Waals surface area contributed by atoms with Crippen LogP contribution < -0.4 is 0 Å². The SMILES string of the molecule is N#Cc1ccc(O)c2ccoc12. The van der Waals surface area contributed by atoms with E-state index in [1.807, 2.05) is 6.07 Å². The molecule has 1 heterocycles. The first-order chi connectivity index (χ1) is 5.83. The van der Waals surface area contributed by atoms with E-state index in [9.17, 15) is 5.11 Å². The summed E-state index contributed by atoms with van der Waals surface area (Å²) < 4.78 is 5.04. The minimum atomic E-state index is 0.137. The van der Waals surface area contributed by atoms with Crippen LogP contribution in [0.1, 0.15) is 5.56 Å². The van der Waals surface area contributed by atoms with Crippen molar-refractivity contribution in [3.63, 3.8) is 0 Å². The molecular weight excluding hydrogens is 154 g/mol. The highest BCUT2D eigenvalue weighted by Crippen LogP contribution is 2.27. The summed E-state index contributed by atoms with van der Waals surface area (Å²) in [5, 5.41) is 18.5. The first kappa shape index (κ1) is 6.74. The average Bonchev–Trinajstić information content (AvgIpc) is 2.54. The van der Waals surface area contributed by atoms with Gasteiger partial charge in [-0.3, -0.25) is 0 Å². The van der Waals surface area contributed by atoms with Gasteiger partial charge in [0.1, 0.15) is 11.8 Å². The maximum atomic E-state index is 9.31. The maximum absolute atomic E-state index is 9.31. The third-order valence-electron chi connectivity index (χ3n) is 1.71. The molecule has 3 heteroatoms. The largest absolute Gasteiger partial charge is 0.507 e. The first-order valence-corrected chi connectivity index (χ1v) is 3.42. The lowest BCUT2D eigenvalue weighted by atomic mass is 10.1. The van der Waals surface area contributed by atoms with Crippen LogP contribution in [0.25, 0.3) is 11.0 Å². The number of nitrogens with zero attached hydrogens (tertiary/aromatic N) is 1. The van der Waals surface area contributed by atoms with Crippen molar-refractivity contribution in [1.82, 2.24) is 0 Å². The lowest BCUT2D eigenvalue weighted by Crippen LogP contribution is -1.74. The summed E-state index contributed by atoms with van der Waals surface area (Å²) in [5.74, 6) is 0.137. The highest BCUT2D eigenvalue weighted by molar-refractivity contribution is 5.87. The Morgan fingerprint density at radius 3 is 2.92 bits per heavy atom. The molecule has 58 valence electrons. The summed E-state index contributed by atoms with van der Waals surface area (Å²) >= 11 is 0. The molecule has 0 amide bonds. The molecule has 2 rings (SSSR count). The van der Waals surface area contributed by atoms with Crippen molar-refractivity contribution in [2.24, 2.45) is 0 Å². The van der Waals surface area contributed by atoms with Gasteiger partial charge in [-0.15, -0.1) is 0 Å². The predicted octanol–water partition coefficient (Wildman–Crippen LogP) is 2.01. The van der Waals surface area contributed by atoms with E-state index in [4.69, 9.17) is 9.68 Å². The molecule has 0 unspecified atom stereocenters. The van der Waals surface area contributed by atoms with Crippen molar-refractivity contribution in [3.05, 3.63) is 30.0 Å². The summed E-state index contributed by atoms with van der Waals surface area (Å²) in [6, 6.07) is 6.62. The van der Waals surface area contributed by atoms with Gasteiger partial charge < -0.3 is 9.52 Å². The normalized spacial score (nSPS) is 9.92. The van der Waals surface area contributed by atoms with Crippen molar-refractivity contribution in [2.75, 3.05) is 0 Å². The zero-order valence-corrected chi connectivity index (χ0v) is 6.11. The molecule has 0 aliphatic carbocycles. The number of aromatic hydroxyl groups is 1. The molecular formula is C9H5NO2. The number of rotatable bonds is 0. The van der Waals surface area contributed by atoms with Gasteiger partial charge >= 0.3 is 0 Å². The van der Waals surface area contributed by atoms with E-state index >= 15 is 0 Å². The van der Waals surface area contributed by atoms with E-state index in [2.05, 4.69) is 0 Å². The average molecular weight is 159 g/mol. The standard InChI is InChI=1S/C9H5NO2/c10-5-6-1-2-8(11)7-3-4-12-9(6)7/h1-4,11H. The van der Waals surface area contributed by atoms with Crippen molar-refractivity contribution >= 4 is 11.0 Å². The van der Waals surface area contributed by atoms with Crippen LogP contribution in [0.2, 0.25) is 0 Å². The predicted molar refractivity (Wildman–Crippen MR) is 42.6 cm³/mol. The highest BCUT2D eigenvalue weighted by atomic mass is 16.3. The van der Waals surface area contributed by atoms with Crippen molar-refractivity contribution < 1.29 is 9.52 Å². The summed E-state index contributed by atoms with van der Waals surface area (Å²) in [5.41, 5.74) is 0.880. The van der Waals surface area contributed by atoms with E-state index in [-0.39, 0.29) is 5.75 Å². The Morgan fingerprint density at radius 2 is 2.17 bits per heavy atom. The Kier molecular flexibility index (Phi) is 1.28. The number of fused-ring (bicyclic) bond motifs is 1.